The van der Waals surface area contributed by atoms with E-state index in [2.05, 4.69) is 27.1 Å². The van der Waals surface area contributed by atoms with Gasteiger partial charge in [0.05, 0.1) is 0 Å². The summed E-state index contributed by atoms with van der Waals surface area (Å²) in [5.41, 5.74) is 0. The first-order valence-corrected chi connectivity index (χ1v) is 7.11. The van der Waals surface area contributed by atoms with Gasteiger partial charge in [0.25, 0.3) is 0 Å². The quantitative estimate of drug-likeness (QED) is 0.853. The topological polar surface area (TPSA) is 41.1 Å². The summed E-state index contributed by atoms with van der Waals surface area (Å²) in [4.78, 5) is 11.1. The fourth-order valence-corrected chi connectivity index (χ4v) is 2.50. The lowest BCUT2D eigenvalue weighted by Gasteiger charge is -2.31. The Kier molecular flexibility index (Phi) is 4.78. The van der Waals surface area contributed by atoms with Gasteiger partial charge in [-0.05, 0) is 19.4 Å². The summed E-state index contributed by atoms with van der Waals surface area (Å²) in [6.45, 7) is 7.72. The number of nitrogens with zero attached hydrogens (tertiary/aromatic N) is 3. The fraction of sp³-hybridized carbons (Fsp3) is 0.692. The smallest absolute Gasteiger partial charge is 0.134 e. The number of rotatable bonds is 4. The van der Waals surface area contributed by atoms with Crippen molar-refractivity contribution in [2.75, 3.05) is 25.0 Å². The van der Waals surface area contributed by atoms with Crippen molar-refractivity contribution in [2.24, 2.45) is 0 Å². The van der Waals surface area contributed by atoms with Gasteiger partial charge in [-0.3, -0.25) is 0 Å². The normalized spacial score (nSPS) is 17.9. The molecular weight excluding hydrogens is 248 g/mol. The fourth-order valence-electron chi connectivity index (χ4n) is 2.30. The monoisotopic (exact) mass is 268 g/mol. The Morgan fingerprint density at radius 2 is 2.06 bits per heavy atom. The molecule has 1 aromatic heterocycles. The average Bonchev–Trinajstić information content (AvgIpc) is 2.39. The molecule has 1 aromatic rings. The van der Waals surface area contributed by atoms with Crippen LogP contribution in [0.2, 0.25) is 5.15 Å². The minimum atomic E-state index is 0.503. The third-order valence-electron chi connectivity index (χ3n) is 3.44. The molecule has 1 aliphatic heterocycles. The van der Waals surface area contributed by atoms with Gasteiger partial charge in [0, 0.05) is 31.6 Å². The van der Waals surface area contributed by atoms with Gasteiger partial charge in [0.1, 0.15) is 16.8 Å². The summed E-state index contributed by atoms with van der Waals surface area (Å²) in [5.74, 6) is 1.66. The zero-order chi connectivity index (χ0) is 13.0. The molecule has 4 nitrogen and oxygen atoms in total. The number of hydrogen-bond donors (Lipinski definition) is 1. The van der Waals surface area contributed by atoms with Gasteiger partial charge in [-0.25, -0.2) is 9.97 Å². The second kappa shape index (κ2) is 6.34. The van der Waals surface area contributed by atoms with E-state index in [0.29, 0.717) is 11.2 Å². The van der Waals surface area contributed by atoms with Crippen LogP contribution in [0.4, 0.5) is 5.82 Å². The van der Waals surface area contributed by atoms with Crippen LogP contribution in [-0.2, 0) is 6.42 Å². The molecule has 0 atom stereocenters. The van der Waals surface area contributed by atoms with Crippen molar-refractivity contribution < 1.29 is 0 Å². The average molecular weight is 269 g/mol. The molecule has 0 amide bonds. The highest BCUT2D eigenvalue weighted by atomic mass is 35.5. The first kappa shape index (κ1) is 13.6. The van der Waals surface area contributed by atoms with Crippen molar-refractivity contribution in [2.45, 2.75) is 39.2 Å². The maximum atomic E-state index is 5.99. The van der Waals surface area contributed by atoms with Gasteiger partial charge in [-0.2, -0.15) is 0 Å². The second-order valence-electron chi connectivity index (χ2n) is 4.70. The molecule has 0 spiro atoms. The molecule has 0 aliphatic carbocycles. The lowest BCUT2D eigenvalue weighted by atomic mass is 10.1. The highest BCUT2D eigenvalue weighted by Crippen LogP contribution is 2.17. The predicted molar refractivity (Wildman–Crippen MR) is 75.2 cm³/mol. The molecule has 100 valence electrons. The lowest BCUT2D eigenvalue weighted by Crippen LogP contribution is -2.39. The summed E-state index contributed by atoms with van der Waals surface area (Å²) in [7, 11) is 0. The van der Waals surface area contributed by atoms with Crippen LogP contribution in [0.25, 0.3) is 0 Å². The molecule has 5 heteroatoms. The molecule has 0 aromatic carbocycles. The van der Waals surface area contributed by atoms with E-state index in [9.17, 15) is 0 Å². The highest BCUT2D eigenvalue weighted by Gasteiger charge is 2.18. The van der Waals surface area contributed by atoms with Gasteiger partial charge >= 0.3 is 0 Å². The lowest BCUT2D eigenvalue weighted by molar-refractivity contribution is 0.229. The number of piperidine rings is 1. The van der Waals surface area contributed by atoms with Gasteiger partial charge in [-0.1, -0.05) is 25.4 Å². The van der Waals surface area contributed by atoms with Crippen molar-refractivity contribution in [1.82, 2.24) is 14.9 Å². The SMILES string of the molecule is CCc1nc(Cl)cc(NC2CCN(CC)CC2)n1. The van der Waals surface area contributed by atoms with Crippen molar-refractivity contribution in [3.63, 3.8) is 0 Å². The molecule has 2 rings (SSSR count). The molecule has 1 aliphatic rings. The third-order valence-corrected chi connectivity index (χ3v) is 3.64. The molecule has 0 saturated carbocycles. The van der Waals surface area contributed by atoms with Gasteiger partial charge in [0.2, 0.25) is 0 Å². The molecule has 1 fully saturated rings. The summed E-state index contributed by atoms with van der Waals surface area (Å²) in [6.07, 6.45) is 3.14. The van der Waals surface area contributed by atoms with Crippen LogP contribution >= 0.6 is 11.6 Å². The van der Waals surface area contributed by atoms with Crippen LogP contribution in [0.5, 0.6) is 0 Å². The highest BCUT2D eigenvalue weighted by molar-refractivity contribution is 6.29. The molecule has 1 saturated heterocycles. The summed E-state index contributed by atoms with van der Waals surface area (Å²) < 4.78 is 0. The van der Waals surface area contributed by atoms with Crippen LogP contribution < -0.4 is 5.32 Å². The van der Waals surface area contributed by atoms with E-state index in [1.54, 1.807) is 0 Å². The zero-order valence-electron chi connectivity index (χ0n) is 11.1. The van der Waals surface area contributed by atoms with E-state index in [4.69, 9.17) is 11.6 Å². The largest absolute Gasteiger partial charge is 0.367 e. The van der Waals surface area contributed by atoms with Crippen molar-refractivity contribution in [3.05, 3.63) is 17.0 Å². The summed E-state index contributed by atoms with van der Waals surface area (Å²) in [5, 5.41) is 4.00. The Balaban J connectivity index is 1.95. The first-order valence-electron chi connectivity index (χ1n) is 6.73. The Labute approximate surface area is 114 Å². The van der Waals surface area contributed by atoms with E-state index in [-0.39, 0.29) is 0 Å². The number of halogens is 1. The Hall–Kier alpha value is -0.870. The molecule has 1 N–H and O–H groups in total. The minimum absolute atomic E-state index is 0.503. The first-order chi connectivity index (χ1) is 8.71. The van der Waals surface area contributed by atoms with Crippen LogP contribution in [0.3, 0.4) is 0 Å². The molecule has 0 unspecified atom stereocenters. The van der Waals surface area contributed by atoms with E-state index < -0.39 is 0 Å². The van der Waals surface area contributed by atoms with Crippen molar-refractivity contribution >= 4 is 17.4 Å². The maximum Gasteiger partial charge on any atom is 0.134 e. The van der Waals surface area contributed by atoms with E-state index in [1.807, 2.05) is 13.0 Å². The van der Waals surface area contributed by atoms with Crippen LogP contribution in [-0.4, -0.2) is 40.5 Å². The minimum Gasteiger partial charge on any atom is -0.367 e. The number of nitrogens with one attached hydrogen (secondary N) is 1. The van der Waals surface area contributed by atoms with Crippen LogP contribution in [0.15, 0.2) is 6.07 Å². The van der Waals surface area contributed by atoms with Gasteiger partial charge in [0.15, 0.2) is 0 Å². The number of aromatic nitrogens is 2. The van der Waals surface area contributed by atoms with Crippen molar-refractivity contribution in [3.8, 4) is 0 Å². The number of likely N-dealkylation sites (tertiary alicyclic amines) is 1. The van der Waals surface area contributed by atoms with Gasteiger partial charge < -0.3 is 10.2 Å². The Morgan fingerprint density at radius 1 is 1.33 bits per heavy atom. The molecule has 18 heavy (non-hydrogen) atoms. The molecule has 2 heterocycles. The third kappa shape index (κ3) is 3.56. The summed E-state index contributed by atoms with van der Waals surface area (Å²) >= 11 is 5.99. The maximum absolute atomic E-state index is 5.99. The van der Waals surface area contributed by atoms with Crippen molar-refractivity contribution in [1.29, 1.82) is 0 Å². The predicted octanol–water partition coefficient (Wildman–Crippen LogP) is 2.59. The van der Waals surface area contributed by atoms with Crippen LogP contribution in [0.1, 0.15) is 32.5 Å². The van der Waals surface area contributed by atoms with E-state index in [1.165, 1.54) is 0 Å². The Bertz CT molecular complexity index is 389. The molecule has 0 bridgehead atoms. The van der Waals surface area contributed by atoms with Crippen LogP contribution in [0, 0.1) is 0 Å². The number of anilines is 1. The second-order valence-corrected chi connectivity index (χ2v) is 5.09. The van der Waals surface area contributed by atoms with E-state index in [0.717, 1.165) is 50.5 Å². The van der Waals surface area contributed by atoms with Gasteiger partial charge in [-0.15, -0.1) is 0 Å². The van der Waals surface area contributed by atoms with E-state index >= 15 is 0 Å². The number of hydrogen-bond acceptors (Lipinski definition) is 4. The number of aryl methyl sites for hydroxylation is 1. The standard InChI is InChI=1S/C13H21ClN4/c1-3-12-16-11(14)9-13(17-12)15-10-5-7-18(4-2)8-6-10/h9-10H,3-8H2,1-2H3,(H,15,16,17). The summed E-state index contributed by atoms with van der Waals surface area (Å²) in [6, 6.07) is 2.32. The molecular formula is C13H21ClN4. The molecule has 0 radical (unpaired) electrons. The zero-order valence-corrected chi connectivity index (χ0v) is 11.9. The Morgan fingerprint density at radius 3 is 2.67 bits per heavy atom.